The van der Waals surface area contributed by atoms with Crippen molar-refractivity contribution in [2.75, 3.05) is 0 Å². The summed E-state index contributed by atoms with van der Waals surface area (Å²) in [5, 5.41) is 10.5. The predicted molar refractivity (Wildman–Crippen MR) is 57.0 cm³/mol. The molecule has 1 rings (SSSR count). The smallest absolute Gasteiger partial charge is 0.269 e. The van der Waals surface area contributed by atoms with Crippen LogP contribution in [0.5, 0.6) is 0 Å². The van der Waals surface area contributed by atoms with E-state index in [0.717, 1.165) is 0 Å². The van der Waals surface area contributed by atoms with E-state index in [1.807, 2.05) is 13.8 Å². The summed E-state index contributed by atoms with van der Waals surface area (Å²) in [6.45, 7) is 5.33. The molecule has 0 bridgehead atoms. The van der Waals surface area contributed by atoms with Gasteiger partial charge in [-0.25, -0.2) is 0 Å². The molecular formula is C11H13NO3. The van der Waals surface area contributed by atoms with Gasteiger partial charge < -0.3 is 0 Å². The zero-order valence-electron chi connectivity index (χ0n) is 8.98. The molecule has 1 aromatic rings. The number of carbonyl (C=O) groups is 1. The highest BCUT2D eigenvalue weighted by atomic mass is 16.6. The van der Waals surface area contributed by atoms with Gasteiger partial charge >= 0.3 is 0 Å². The number of nitro groups is 1. The Balaban J connectivity index is 3.14. The Kier molecular flexibility index (Phi) is 3.19. The summed E-state index contributed by atoms with van der Waals surface area (Å²) in [4.78, 5) is 21.7. The number of rotatable bonds is 3. The van der Waals surface area contributed by atoms with Crippen LogP contribution in [0.4, 0.5) is 5.69 Å². The van der Waals surface area contributed by atoms with Crippen LogP contribution in [0.2, 0.25) is 0 Å². The lowest BCUT2D eigenvalue weighted by Gasteiger charge is -2.06. The largest absolute Gasteiger partial charge is 0.294 e. The highest BCUT2D eigenvalue weighted by Crippen LogP contribution is 2.19. The number of hydrogen-bond donors (Lipinski definition) is 0. The number of ketones is 1. The van der Waals surface area contributed by atoms with Crippen molar-refractivity contribution in [1.29, 1.82) is 0 Å². The first kappa shape index (κ1) is 11.4. The number of benzene rings is 1. The van der Waals surface area contributed by atoms with E-state index in [4.69, 9.17) is 0 Å². The van der Waals surface area contributed by atoms with Crippen LogP contribution in [0, 0.1) is 23.0 Å². The number of nitro benzene ring substituents is 1. The van der Waals surface area contributed by atoms with E-state index in [1.54, 1.807) is 6.92 Å². The lowest BCUT2D eigenvalue weighted by Crippen LogP contribution is -2.09. The Morgan fingerprint density at radius 2 is 2.00 bits per heavy atom. The molecule has 0 aliphatic rings. The van der Waals surface area contributed by atoms with Crippen molar-refractivity contribution < 1.29 is 9.72 Å². The normalized spacial score (nSPS) is 10.4. The molecule has 0 saturated carbocycles. The SMILES string of the molecule is Cc1cc([N+](=O)[O-])ccc1C(=O)C(C)C. The first-order valence-electron chi connectivity index (χ1n) is 4.72. The second kappa shape index (κ2) is 4.21. The van der Waals surface area contributed by atoms with Gasteiger partial charge in [-0.05, 0) is 18.6 Å². The number of hydrogen-bond acceptors (Lipinski definition) is 3. The van der Waals surface area contributed by atoms with Crippen molar-refractivity contribution in [3.05, 3.63) is 39.4 Å². The van der Waals surface area contributed by atoms with Crippen molar-refractivity contribution in [1.82, 2.24) is 0 Å². The van der Waals surface area contributed by atoms with Gasteiger partial charge in [-0.2, -0.15) is 0 Å². The van der Waals surface area contributed by atoms with Gasteiger partial charge in [0.25, 0.3) is 5.69 Å². The van der Waals surface area contributed by atoms with Crippen molar-refractivity contribution in [3.8, 4) is 0 Å². The molecule has 4 heteroatoms. The number of carbonyl (C=O) groups excluding carboxylic acids is 1. The van der Waals surface area contributed by atoms with E-state index < -0.39 is 4.92 Å². The Bertz CT molecular complexity index is 410. The van der Waals surface area contributed by atoms with E-state index in [9.17, 15) is 14.9 Å². The van der Waals surface area contributed by atoms with Crippen LogP contribution in [0.15, 0.2) is 18.2 Å². The zero-order chi connectivity index (χ0) is 11.6. The Morgan fingerprint density at radius 3 is 2.40 bits per heavy atom. The fourth-order valence-corrected chi connectivity index (χ4v) is 1.35. The Hall–Kier alpha value is -1.71. The third-order valence-corrected chi connectivity index (χ3v) is 2.21. The van der Waals surface area contributed by atoms with E-state index in [-0.39, 0.29) is 17.4 Å². The molecule has 0 heterocycles. The summed E-state index contributed by atoms with van der Waals surface area (Å²) < 4.78 is 0. The Labute approximate surface area is 88.1 Å². The summed E-state index contributed by atoms with van der Waals surface area (Å²) in [6.07, 6.45) is 0. The van der Waals surface area contributed by atoms with Crippen LogP contribution in [-0.4, -0.2) is 10.7 Å². The fourth-order valence-electron chi connectivity index (χ4n) is 1.35. The highest BCUT2D eigenvalue weighted by Gasteiger charge is 2.15. The molecule has 0 fully saturated rings. The Morgan fingerprint density at radius 1 is 1.40 bits per heavy atom. The number of aryl methyl sites for hydroxylation is 1. The average Bonchev–Trinajstić information content (AvgIpc) is 2.16. The standard InChI is InChI=1S/C11H13NO3/c1-7(2)11(13)10-5-4-9(12(14)15)6-8(10)3/h4-7H,1-3H3. The molecule has 0 amide bonds. The van der Waals surface area contributed by atoms with Crippen molar-refractivity contribution in [2.45, 2.75) is 20.8 Å². The molecule has 0 aliphatic carbocycles. The summed E-state index contributed by atoms with van der Waals surface area (Å²) in [7, 11) is 0. The molecule has 4 nitrogen and oxygen atoms in total. The lowest BCUT2D eigenvalue weighted by molar-refractivity contribution is -0.384. The molecule has 0 aromatic heterocycles. The summed E-state index contributed by atoms with van der Waals surface area (Å²) in [5.41, 5.74) is 1.24. The monoisotopic (exact) mass is 207 g/mol. The van der Waals surface area contributed by atoms with Gasteiger partial charge in [0.1, 0.15) is 0 Å². The van der Waals surface area contributed by atoms with Gasteiger partial charge in [-0.3, -0.25) is 14.9 Å². The molecule has 0 N–H and O–H groups in total. The molecule has 15 heavy (non-hydrogen) atoms. The topological polar surface area (TPSA) is 60.2 Å². The number of Topliss-reactive ketones (excluding diaryl/α,β-unsaturated/α-hetero) is 1. The molecule has 0 spiro atoms. The molecule has 0 radical (unpaired) electrons. The van der Waals surface area contributed by atoms with Crippen molar-refractivity contribution in [3.63, 3.8) is 0 Å². The van der Waals surface area contributed by atoms with E-state index in [1.165, 1.54) is 18.2 Å². The molecular weight excluding hydrogens is 194 g/mol. The van der Waals surface area contributed by atoms with E-state index in [2.05, 4.69) is 0 Å². The second-order valence-corrected chi connectivity index (χ2v) is 3.78. The van der Waals surface area contributed by atoms with Gasteiger partial charge in [0, 0.05) is 23.6 Å². The van der Waals surface area contributed by atoms with Crippen LogP contribution in [0.1, 0.15) is 29.8 Å². The van der Waals surface area contributed by atoms with Gasteiger partial charge in [-0.15, -0.1) is 0 Å². The molecule has 0 atom stereocenters. The minimum Gasteiger partial charge on any atom is -0.294 e. The molecule has 1 aromatic carbocycles. The lowest BCUT2D eigenvalue weighted by atomic mass is 9.97. The minimum absolute atomic E-state index is 0.0161. The maximum Gasteiger partial charge on any atom is 0.269 e. The van der Waals surface area contributed by atoms with E-state index in [0.29, 0.717) is 11.1 Å². The summed E-state index contributed by atoms with van der Waals surface area (Å²) >= 11 is 0. The molecule has 80 valence electrons. The quantitative estimate of drug-likeness (QED) is 0.435. The number of nitrogens with zero attached hydrogens (tertiary/aromatic N) is 1. The van der Waals surface area contributed by atoms with Gasteiger partial charge in [0.2, 0.25) is 0 Å². The first-order valence-corrected chi connectivity index (χ1v) is 4.72. The van der Waals surface area contributed by atoms with Gasteiger partial charge in [0.15, 0.2) is 5.78 Å². The van der Waals surface area contributed by atoms with Crippen LogP contribution < -0.4 is 0 Å². The zero-order valence-corrected chi connectivity index (χ0v) is 8.98. The van der Waals surface area contributed by atoms with Gasteiger partial charge in [-0.1, -0.05) is 13.8 Å². The van der Waals surface area contributed by atoms with Crippen molar-refractivity contribution >= 4 is 11.5 Å². The second-order valence-electron chi connectivity index (χ2n) is 3.78. The van der Waals surface area contributed by atoms with Crippen LogP contribution in [0.25, 0.3) is 0 Å². The maximum absolute atomic E-state index is 11.7. The predicted octanol–water partition coefficient (Wildman–Crippen LogP) is 2.74. The third kappa shape index (κ3) is 2.40. The van der Waals surface area contributed by atoms with Gasteiger partial charge in [0.05, 0.1) is 4.92 Å². The maximum atomic E-state index is 11.7. The summed E-state index contributed by atoms with van der Waals surface area (Å²) in [6, 6.07) is 4.31. The molecule has 0 unspecified atom stereocenters. The summed E-state index contributed by atoms with van der Waals surface area (Å²) in [5.74, 6) is -0.0763. The van der Waals surface area contributed by atoms with Crippen LogP contribution in [-0.2, 0) is 0 Å². The minimum atomic E-state index is -0.462. The number of non-ortho nitro benzene ring substituents is 1. The first-order chi connectivity index (χ1) is 6.93. The third-order valence-electron chi connectivity index (χ3n) is 2.21. The molecule has 0 saturated heterocycles. The fraction of sp³-hybridized carbons (Fsp3) is 0.364. The van der Waals surface area contributed by atoms with Crippen LogP contribution in [0.3, 0.4) is 0 Å². The van der Waals surface area contributed by atoms with Crippen molar-refractivity contribution in [2.24, 2.45) is 5.92 Å². The highest BCUT2D eigenvalue weighted by molar-refractivity contribution is 5.98. The average molecular weight is 207 g/mol. The van der Waals surface area contributed by atoms with Crippen LogP contribution >= 0.6 is 0 Å². The van der Waals surface area contributed by atoms with E-state index >= 15 is 0 Å². The molecule has 0 aliphatic heterocycles.